The molecule has 0 aromatic heterocycles. The summed E-state index contributed by atoms with van der Waals surface area (Å²) in [5.74, 6) is 0. The van der Waals surface area contributed by atoms with Gasteiger partial charge in [-0.2, -0.15) is 0 Å². The molecule has 8 nitrogen and oxygen atoms in total. The number of hydrogen-bond donors (Lipinski definition) is 3. The average molecular weight is 276 g/mol. The van der Waals surface area contributed by atoms with Gasteiger partial charge in [0.25, 0.3) is 5.54 Å². The average Bonchev–Trinajstić information content (AvgIpc) is 2.39. The lowest BCUT2D eigenvalue weighted by Crippen LogP contribution is -2.55. The van der Waals surface area contributed by atoms with Crippen molar-refractivity contribution in [3.8, 4) is 0 Å². The largest absolute Gasteiger partial charge is 0.389 e. The summed E-state index contributed by atoms with van der Waals surface area (Å²) in [5, 5.41) is 38.6. The van der Waals surface area contributed by atoms with Crippen LogP contribution in [0.15, 0.2) is 4.99 Å². The van der Waals surface area contributed by atoms with Gasteiger partial charge in [-0.25, -0.2) is 9.79 Å². The number of isocyanates is 1. The van der Waals surface area contributed by atoms with E-state index >= 15 is 0 Å². The van der Waals surface area contributed by atoms with Crippen molar-refractivity contribution in [1.29, 1.82) is 0 Å². The first-order chi connectivity index (χ1) is 9.05. The molecule has 0 aliphatic carbocycles. The van der Waals surface area contributed by atoms with Gasteiger partial charge in [0.05, 0.1) is 6.54 Å². The SMILES string of the molecule is O=C=NCCCCCCC(O)C(CO)(CO)[N+](=O)[O-]. The molecule has 0 rings (SSSR count). The second kappa shape index (κ2) is 9.57. The smallest absolute Gasteiger partial charge is 0.292 e. The van der Waals surface area contributed by atoms with E-state index in [0.717, 1.165) is 12.8 Å². The van der Waals surface area contributed by atoms with Crippen LogP contribution < -0.4 is 0 Å². The molecule has 0 spiro atoms. The summed E-state index contributed by atoms with van der Waals surface area (Å²) in [7, 11) is 0. The molecule has 0 aromatic carbocycles. The predicted octanol–water partition coefficient (Wildman–Crippen LogP) is -0.366. The fourth-order valence-corrected chi connectivity index (χ4v) is 1.69. The number of unbranched alkanes of at least 4 members (excludes halogenated alkanes) is 3. The number of aliphatic imine (C=N–C) groups is 1. The van der Waals surface area contributed by atoms with Crippen LogP contribution in [0.25, 0.3) is 0 Å². The second-order valence-electron chi connectivity index (χ2n) is 4.37. The normalized spacial score (nSPS) is 12.8. The summed E-state index contributed by atoms with van der Waals surface area (Å²) in [6.07, 6.45) is 2.90. The molecular weight excluding hydrogens is 256 g/mol. The molecule has 3 N–H and O–H groups in total. The molecule has 0 bridgehead atoms. The van der Waals surface area contributed by atoms with Crippen molar-refractivity contribution >= 4 is 6.08 Å². The molecule has 0 saturated carbocycles. The summed E-state index contributed by atoms with van der Waals surface area (Å²) in [6, 6.07) is 0. The van der Waals surface area contributed by atoms with Crippen molar-refractivity contribution in [2.75, 3.05) is 19.8 Å². The van der Waals surface area contributed by atoms with Crippen LogP contribution in [0.3, 0.4) is 0 Å². The molecular formula is C11H20N2O6. The van der Waals surface area contributed by atoms with E-state index in [2.05, 4.69) is 4.99 Å². The first kappa shape index (κ1) is 17.7. The summed E-state index contributed by atoms with van der Waals surface area (Å²) < 4.78 is 0. The standard InChI is InChI=1S/C11H20N2O6/c14-7-11(8-15,13(18)19)10(17)5-3-1-2-4-6-12-9-16/h10,14-15,17H,1-8H2. The number of hydrogen-bond acceptors (Lipinski definition) is 7. The van der Waals surface area contributed by atoms with E-state index in [1.165, 1.54) is 6.08 Å². The molecule has 0 aliphatic heterocycles. The number of aliphatic hydroxyl groups is 3. The molecule has 0 fully saturated rings. The maximum Gasteiger partial charge on any atom is 0.292 e. The van der Waals surface area contributed by atoms with Crippen LogP contribution in [0.4, 0.5) is 0 Å². The van der Waals surface area contributed by atoms with Gasteiger partial charge < -0.3 is 15.3 Å². The Balaban J connectivity index is 4.04. The van der Waals surface area contributed by atoms with E-state index in [0.29, 0.717) is 19.4 Å². The van der Waals surface area contributed by atoms with Gasteiger partial charge in [-0.15, -0.1) is 0 Å². The highest BCUT2D eigenvalue weighted by molar-refractivity contribution is 5.32. The van der Waals surface area contributed by atoms with E-state index in [9.17, 15) is 20.0 Å². The molecule has 0 amide bonds. The van der Waals surface area contributed by atoms with Crippen molar-refractivity contribution in [1.82, 2.24) is 0 Å². The zero-order valence-electron chi connectivity index (χ0n) is 10.7. The number of nitro groups is 1. The Morgan fingerprint density at radius 2 is 1.79 bits per heavy atom. The van der Waals surface area contributed by atoms with E-state index in [-0.39, 0.29) is 6.42 Å². The summed E-state index contributed by atoms with van der Waals surface area (Å²) in [6.45, 7) is -1.42. The van der Waals surface area contributed by atoms with Gasteiger partial charge in [0.1, 0.15) is 19.3 Å². The van der Waals surface area contributed by atoms with Gasteiger partial charge in [-0.05, 0) is 12.8 Å². The number of rotatable bonds is 11. The van der Waals surface area contributed by atoms with Crippen molar-refractivity contribution in [3.05, 3.63) is 10.1 Å². The van der Waals surface area contributed by atoms with Crippen LogP contribution >= 0.6 is 0 Å². The Kier molecular flexibility index (Phi) is 8.90. The summed E-state index contributed by atoms with van der Waals surface area (Å²) in [4.78, 5) is 23.1. The van der Waals surface area contributed by atoms with Gasteiger partial charge in [0.15, 0.2) is 0 Å². The maximum absolute atomic E-state index is 10.8. The molecule has 0 aromatic rings. The van der Waals surface area contributed by atoms with Gasteiger partial charge >= 0.3 is 0 Å². The molecule has 0 saturated heterocycles. The Morgan fingerprint density at radius 3 is 2.26 bits per heavy atom. The highest BCUT2D eigenvalue weighted by Crippen LogP contribution is 2.20. The van der Waals surface area contributed by atoms with Crippen molar-refractivity contribution in [2.45, 2.75) is 43.7 Å². The highest BCUT2D eigenvalue weighted by atomic mass is 16.6. The van der Waals surface area contributed by atoms with Crippen LogP contribution in [0.5, 0.6) is 0 Å². The minimum Gasteiger partial charge on any atom is -0.389 e. The molecule has 8 heteroatoms. The van der Waals surface area contributed by atoms with E-state index in [4.69, 9.17) is 10.2 Å². The zero-order valence-corrected chi connectivity index (χ0v) is 10.7. The molecule has 1 unspecified atom stereocenters. The number of nitrogens with zero attached hydrogens (tertiary/aromatic N) is 2. The van der Waals surface area contributed by atoms with E-state index in [1.54, 1.807) is 0 Å². The second-order valence-corrected chi connectivity index (χ2v) is 4.37. The fourth-order valence-electron chi connectivity index (χ4n) is 1.69. The third-order valence-electron chi connectivity index (χ3n) is 3.09. The Labute approximate surface area is 110 Å². The van der Waals surface area contributed by atoms with Crippen molar-refractivity contribution in [3.63, 3.8) is 0 Å². The van der Waals surface area contributed by atoms with Crippen LogP contribution in [-0.4, -0.2) is 57.7 Å². The van der Waals surface area contributed by atoms with Crippen LogP contribution in [0, 0.1) is 10.1 Å². The van der Waals surface area contributed by atoms with E-state index < -0.39 is 29.8 Å². The highest BCUT2D eigenvalue weighted by Gasteiger charge is 2.48. The Morgan fingerprint density at radius 1 is 1.21 bits per heavy atom. The maximum atomic E-state index is 10.8. The topological polar surface area (TPSA) is 133 Å². The Hall–Kier alpha value is -1.34. The zero-order chi connectivity index (χ0) is 14.7. The lowest BCUT2D eigenvalue weighted by atomic mass is 9.91. The van der Waals surface area contributed by atoms with Crippen LogP contribution in [-0.2, 0) is 4.79 Å². The van der Waals surface area contributed by atoms with Gasteiger partial charge in [0, 0.05) is 4.92 Å². The summed E-state index contributed by atoms with van der Waals surface area (Å²) in [5.41, 5.74) is -2.10. The monoisotopic (exact) mass is 276 g/mol. The quantitative estimate of drug-likeness (QED) is 0.155. The van der Waals surface area contributed by atoms with E-state index in [1.807, 2.05) is 0 Å². The van der Waals surface area contributed by atoms with Gasteiger partial charge in [-0.1, -0.05) is 19.3 Å². The molecule has 110 valence electrons. The lowest BCUT2D eigenvalue weighted by molar-refractivity contribution is -0.590. The van der Waals surface area contributed by atoms with Crippen molar-refractivity contribution < 1.29 is 25.0 Å². The Bertz CT molecular complexity index is 312. The molecule has 0 aliphatic rings. The minimum atomic E-state index is -2.10. The predicted molar refractivity (Wildman–Crippen MR) is 66.0 cm³/mol. The molecule has 0 heterocycles. The van der Waals surface area contributed by atoms with Gasteiger partial charge in [0.2, 0.25) is 6.08 Å². The van der Waals surface area contributed by atoms with Crippen molar-refractivity contribution in [2.24, 2.45) is 4.99 Å². The first-order valence-corrected chi connectivity index (χ1v) is 6.13. The van der Waals surface area contributed by atoms with Crippen LogP contribution in [0.2, 0.25) is 0 Å². The third-order valence-corrected chi connectivity index (χ3v) is 3.09. The van der Waals surface area contributed by atoms with Crippen LogP contribution in [0.1, 0.15) is 32.1 Å². The molecule has 19 heavy (non-hydrogen) atoms. The molecule has 0 radical (unpaired) electrons. The number of aliphatic hydroxyl groups excluding tert-OH is 3. The minimum absolute atomic E-state index is 0.124. The fraction of sp³-hybridized carbons (Fsp3) is 0.909. The number of carbonyl (C=O) groups excluding carboxylic acids is 1. The first-order valence-electron chi connectivity index (χ1n) is 6.13. The van der Waals surface area contributed by atoms with Gasteiger partial charge in [-0.3, -0.25) is 10.1 Å². The lowest BCUT2D eigenvalue weighted by Gasteiger charge is -2.26. The third kappa shape index (κ3) is 5.44. The molecule has 1 atom stereocenters. The summed E-state index contributed by atoms with van der Waals surface area (Å²) >= 11 is 0.